The Balaban J connectivity index is 1.80. The van der Waals surface area contributed by atoms with E-state index in [1.165, 1.54) is 35.9 Å². The Hall–Kier alpha value is -1.72. The lowest BCUT2D eigenvalue weighted by atomic mass is 10.2. The molecule has 0 radical (unpaired) electrons. The van der Waals surface area contributed by atoms with Gasteiger partial charge < -0.3 is 5.11 Å². The first kappa shape index (κ1) is 23.0. The van der Waals surface area contributed by atoms with Crippen LogP contribution in [0.15, 0.2) is 65.6 Å². The van der Waals surface area contributed by atoms with Gasteiger partial charge in [0.25, 0.3) is 5.91 Å². The smallest absolute Gasteiger partial charge is 0.281 e. The van der Waals surface area contributed by atoms with Crippen LogP contribution in [0.4, 0.5) is 0 Å². The molecule has 156 valence electrons. The van der Waals surface area contributed by atoms with E-state index in [4.69, 9.17) is 11.6 Å². The summed E-state index contributed by atoms with van der Waals surface area (Å²) < 4.78 is 26.7. The first-order valence-corrected chi connectivity index (χ1v) is 12.5. The minimum absolute atomic E-state index is 0.0554. The summed E-state index contributed by atoms with van der Waals surface area (Å²) in [6.07, 6.45) is 1.40. The third kappa shape index (κ3) is 4.78. The van der Waals surface area contributed by atoms with E-state index in [9.17, 15) is 18.3 Å². The van der Waals surface area contributed by atoms with E-state index in [0.717, 1.165) is 11.3 Å². The van der Waals surface area contributed by atoms with Gasteiger partial charge in [0.05, 0.1) is 29.8 Å². The number of nitrogens with one attached hydrogen (secondary N) is 1. The summed E-state index contributed by atoms with van der Waals surface area (Å²) in [5.74, 6) is -0.469. The topological polar surface area (TPSA) is 95.8 Å². The molecule has 0 atom stereocenters. The van der Waals surface area contributed by atoms with Gasteiger partial charge in [0.15, 0.2) is 0 Å². The molecule has 0 saturated carbocycles. The second-order valence-corrected chi connectivity index (χ2v) is 11.0. The van der Waals surface area contributed by atoms with E-state index >= 15 is 0 Å². The van der Waals surface area contributed by atoms with Crippen molar-refractivity contribution in [3.63, 3.8) is 0 Å². The van der Waals surface area contributed by atoms with Crippen molar-refractivity contribution in [1.29, 1.82) is 0 Å². The molecule has 1 heterocycles. The molecule has 0 aliphatic heterocycles. The molecule has 2 aromatic carbocycles. The van der Waals surface area contributed by atoms with Crippen LogP contribution in [0.1, 0.15) is 20.8 Å². The van der Waals surface area contributed by atoms with Crippen molar-refractivity contribution in [3.8, 4) is 5.75 Å². The number of amides is 1. The van der Waals surface area contributed by atoms with Crippen LogP contribution in [0, 0.1) is 6.92 Å². The lowest BCUT2D eigenvalue weighted by molar-refractivity contribution is 0.0958. The fourth-order valence-corrected chi connectivity index (χ4v) is 6.66. The van der Waals surface area contributed by atoms with Crippen LogP contribution in [-0.2, 0) is 9.84 Å². The summed E-state index contributed by atoms with van der Waals surface area (Å²) in [4.78, 5) is 12.9. The third-order valence-corrected chi connectivity index (χ3v) is 8.62. The monoisotopic (exact) mass is 590 g/mol. The summed E-state index contributed by atoms with van der Waals surface area (Å²) in [7, 11) is -3.78. The van der Waals surface area contributed by atoms with Gasteiger partial charge in [-0.1, -0.05) is 11.6 Å². The van der Waals surface area contributed by atoms with Crippen LogP contribution in [0.25, 0.3) is 0 Å². The van der Waals surface area contributed by atoms with E-state index < -0.39 is 15.7 Å². The van der Waals surface area contributed by atoms with E-state index in [-0.39, 0.29) is 20.4 Å². The number of aromatic hydroxyl groups is 1. The van der Waals surface area contributed by atoms with Crippen LogP contribution in [0.5, 0.6) is 5.75 Å². The number of phenols is 1. The molecule has 0 fully saturated rings. The number of hydrogen-bond donors (Lipinski definition) is 2. The number of carbonyl (C=O) groups excluding carboxylic acids is 1. The molecular formula is C19H13Br2ClN2O4S2. The number of hydrazone groups is 1. The summed E-state index contributed by atoms with van der Waals surface area (Å²) in [5.41, 5.74) is 3.36. The highest BCUT2D eigenvalue weighted by Gasteiger charge is 2.25. The molecule has 30 heavy (non-hydrogen) atoms. The normalized spacial score (nSPS) is 11.7. The molecule has 1 aromatic heterocycles. The van der Waals surface area contributed by atoms with Crippen LogP contribution in [-0.4, -0.2) is 25.6 Å². The number of hydrogen-bond acceptors (Lipinski definition) is 6. The molecule has 0 aliphatic rings. The number of nitrogens with zero attached hydrogens (tertiary/aromatic N) is 1. The number of carbonyl (C=O) groups is 1. The average molecular weight is 593 g/mol. The van der Waals surface area contributed by atoms with Crippen LogP contribution in [0.3, 0.4) is 0 Å². The SMILES string of the molecule is Cc1c(S(=O)(=O)c2ccc(Cl)cc2)csc1C(=O)N/N=C/c1cc(Br)c(O)c(Br)c1. The maximum atomic E-state index is 12.9. The predicted octanol–water partition coefficient (Wildman–Crippen LogP) is 5.54. The number of halogens is 3. The Kier molecular flexibility index (Phi) is 7.03. The second kappa shape index (κ2) is 9.19. The van der Waals surface area contributed by atoms with Crippen molar-refractivity contribution in [3.05, 3.63) is 71.8 Å². The summed E-state index contributed by atoms with van der Waals surface area (Å²) >= 11 is 13.3. The Bertz CT molecular complexity index is 1230. The number of phenolic OH excluding ortho intramolecular Hbond substituents is 1. The van der Waals surface area contributed by atoms with Crippen molar-refractivity contribution >= 4 is 76.8 Å². The Morgan fingerprint density at radius 3 is 2.40 bits per heavy atom. The minimum Gasteiger partial charge on any atom is -0.506 e. The Labute approximate surface area is 198 Å². The molecule has 3 rings (SSSR count). The molecule has 0 aliphatic carbocycles. The summed E-state index contributed by atoms with van der Waals surface area (Å²) in [5, 5.41) is 15.5. The van der Waals surface area contributed by atoms with Gasteiger partial charge in [0.1, 0.15) is 5.75 Å². The van der Waals surface area contributed by atoms with E-state index in [1.807, 2.05) is 0 Å². The number of thiophene rings is 1. The van der Waals surface area contributed by atoms with Crippen molar-refractivity contribution in [1.82, 2.24) is 5.43 Å². The van der Waals surface area contributed by atoms with Gasteiger partial charge in [0.2, 0.25) is 9.84 Å². The lowest BCUT2D eigenvalue weighted by Gasteiger charge is -2.05. The Morgan fingerprint density at radius 2 is 1.80 bits per heavy atom. The fraction of sp³-hybridized carbons (Fsp3) is 0.0526. The largest absolute Gasteiger partial charge is 0.506 e. The third-order valence-electron chi connectivity index (χ3n) is 4.03. The summed E-state index contributed by atoms with van der Waals surface area (Å²) in [6.45, 7) is 1.58. The molecule has 1 amide bonds. The zero-order valence-electron chi connectivity index (χ0n) is 15.2. The first-order chi connectivity index (χ1) is 14.1. The highest BCUT2D eigenvalue weighted by molar-refractivity contribution is 9.11. The van der Waals surface area contributed by atoms with Gasteiger partial charge in [-0.2, -0.15) is 5.10 Å². The number of benzene rings is 2. The highest BCUT2D eigenvalue weighted by Crippen LogP contribution is 2.33. The highest BCUT2D eigenvalue weighted by atomic mass is 79.9. The van der Waals surface area contributed by atoms with Gasteiger partial charge in [-0.05, 0) is 86.3 Å². The molecule has 3 aromatic rings. The van der Waals surface area contributed by atoms with Gasteiger partial charge in [0, 0.05) is 10.4 Å². The quantitative estimate of drug-likeness (QED) is 0.301. The molecule has 0 saturated heterocycles. The lowest BCUT2D eigenvalue weighted by Crippen LogP contribution is -2.17. The van der Waals surface area contributed by atoms with Crippen molar-refractivity contribution in [2.45, 2.75) is 16.7 Å². The molecule has 0 spiro atoms. The zero-order chi connectivity index (χ0) is 22.1. The van der Waals surface area contributed by atoms with Crippen LogP contribution < -0.4 is 5.43 Å². The molecular weight excluding hydrogens is 580 g/mol. The molecule has 6 nitrogen and oxygen atoms in total. The predicted molar refractivity (Wildman–Crippen MR) is 125 cm³/mol. The minimum atomic E-state index is -3.78. The van der Waals surface area contributed by atoms with E-state index in [1.54, 1.807) is 19.1 Å². The standard InChI is InChI=1S/C19H13Br2ClN2O4S2/c1-10-16(30(27,28)13-4-2-12(22)3-5-13)9-29-18(10)19(26)24-23-8-11-6-14(20)17(25)15(21)7-11/h2-9,25H,1H3,(H,24,26)/b23-8+. The molecule has 0 bridgehead atoms. The average Bonchev–Trinajstić information content (AvgIpc) is 3.08. The molecule has 2 N–H and O–H groups in total. The molecule has 0 unspecified atom stereocenters. The molecule has 11 heteroatoms. The van der Waals surface area contributed by atoms with Gasteiger partial charge in [-0.25, -0.2) is 13.8 Å². The zero-order valence-corrected chi connectivity index (χ0v) is 20.7. The van der Waals surface area contributed by atoms with Crippen LogP contribution >= 0.6 is 54.8 Å². The van der Waals surface area contributed by atoms with Gasteiger partial charge in [-0.15, -0.1) is 11.3 Å². The number of rotatable bonds is 5. The number of sulfone groups is 1. The van der Waals surface area contributed by atoms with E-state index in [0.29, 0.717) is 25.1 Å². The Morgan fingerprint density at radius 1 is 1.20 bits per heavy atom. The van der Waals surface area contributed by atoms with Crippen molar-refractivity contribution < 1.29 is 18.3 Å². The fourth-order valence-electron chi connectivity index (χ4n) is 2.51. The van der Waals surface area contributed by atoms with Gasteiger partial charge >= 0.3 is 0 Å². The summed E-state index contributed by atoms with van der Waals surface area (Å²) in [6, 6.07) is 9.10. The van der Waals surface area contributed by atoms with Gasteiger partial charge in [-0.3, -0.25) is 4.79 Å². The maximum Gasteiger partial charge on any atom is 0.281 e. The van der Waals surface area contributed by atoms with Crippen LogP contribution in [0.2, 0.25) is 5.02 Å². The van der Waals surface area contributed by atoms with Crippen molar-refractivity contribution in [2.75, 3.05) is 0 Å². The van der Waals surface area contributed by atoms with E-state index in [2.05, 4.69) is 42.4 Å². The first-order valence-electron chi connectivity index (χ1n) is 8.21. The van der Waals surface area contributed by atoms with Crippen molar-refractivity contribution in [2.24, 2.45) is 5.10 Å². The second-order valence-electron chi connectivity index (χ2n) is 6.04. The maximum absolute atomic E-state index is 12.9.